The molecule has 1 unspecified atom stereocenters. The first-order valence-electron chi connectivity index (χ1n) is 14.1. The zero-order chi connectivity index (χ0) is 31.9. The van der Waals surface area contributed by atoms with E-state index in [2.05, 4.69) is 35.5 Å². The second-order valence-corrected chi connectivity index (χ2v) is 12.9. The molecule has 1 atom stereocenters. The van der Waals surface area contributed by atoms with Crippen molar-refractivity contribution in [3.8, 4) is 33.9 Å². The van der Waals surface area contributed by atoms with Gasteiger partial charge >= 0.3 is 0 Å². The van der Waals surface area contributed by atoms with Crippen LogP contribution in [-0.4, -0.2) is 50.7 Å². The molecular formula is C31H28F2N8O3S. The number of aromatic nitrogens is 6. The number of halogens is 2. The van der Waals surface area contributed by atoms with E-state index < -0.39 is 26.8 Å². The number of hydrogen-bond donors (Lipinski definition) is 4. The van der Waals surface area contributed by atoms with Crippen LogP contribution in [0.2, 0.25) is 0 Å². The SMILES string of the molecule is CCCCC(=O)Nc1cncc(-c2ccc3[nH]nc(-c4nc5c(-c6cc(F)cc(C(N)S(C)(=O)=O)c6)nccc5[nH]4)c3c2F)c1. The lowest BCUT2D eigenvalue weighted by Gasteiger charge is -2.12. The van der Waals surface area contributed by atoms with Crippen LogP contribution in [0, 0.1) is 11.6 Å². The number of fused-ring (bicyclic) bond motifs is 2. The number of aromatic amines is 2. The predicted molar refractivity (Wildman–Crippen MR) is 167 cm³/mol. The Morgan fingerprint density at radius 1 is 1.04 bits per heavy atom. The zero-order valence-corrected chi connectivity index (χ0v) is 25.0. The molecule has 0 saturated heterocycles. The molecule has 0 radical (unpaired) electrons. The Morgan fingerprint density at radius 3 is 2.64 bits per heavy atom. The largest absolute Gasteiger partial charge is 0.336 e. The van der Waals surface area contributed by atoms with Crippen molar-refractivity contribution in [1.29, 1.82) is 0 Å². The molecule has 45 heavy (non-hydrogen) atoms. The van der Waals surface area contributed by atoms with Gasteiger partial charge in [0.05, 0.1) is 34.0 Å². The van der Waals surface area contributed by atoms with Gasteiger partial charge in [0.25, 0.3) is 0 Å². The van der Waals surface area contributed by atoms with Crippen LogP contribution in [0.5, 0.6) is 0 Å². The van der Waals surface area contributed by atoms with Crippen molar-refractivity contribution in [2.75, 3.05) is 11.6 Å². The molecule has 0 saturated carbocycles. The molecule has 230 valence electrons. The number of nitrogens with zero attached hydrogens (tertiary/aromatic N) is 4. The van der Waals surface area contributed by atoms with Crippen LogP contribution in [0.4, 0.5) is 14.5 Å². The van der Waals surface area contributed by atoms with Crippen LogP contribution < -0.4 is 11.1 Å². The number of unbranched alkanes of at least 4 members (excludes halogenated alkanes) is 1. The quantitative estimate of drug-likeness (QED) is 0.159. The molecule has 14 heteroatoms. The molecule has 5 N–H and O–H groups in total. The van der Waals surface area contributed by atoms with Crippen LogP contribution in [0.1, 0.15) is 37.1 Å². The van der Waals surface area contributed by atoms with Gasteiger partial charge < -0.3 is 16.0 Å². The van der Waals surface area contributed by atoms with E-state index in [0.717, 1.165) is 25.2 Å². The highest BCUT2D eigenvalue weighted by Crippen LogP contribution is 2.36. The fourth-order valence-corrected chi connectivity index (χ4v) is 5.73. The number of H-pyrrole nitrogens is 2. The highest BCUT2D eigenvalue weighted by atomic mass is 32.2. The van der Waals surface area contributed by atoms with E-state index in [1.165, 1.54) is 30.7 Å². The van der Waals surface area contributed by atoms with Crippen LogP contribution in [-0.2, 0) is 14.6 Å². The van der Waals surface area contributed by atoms with Crippen molar-refractivity contribution in [2.45, 2.75) is 31.6 Å². The Morgan fingerprint density at radius 2 is 1.87 bits per heavy atom. The number of hydrogen-bond acceptors (Lipinski definition) is 8. The third kappa shape index (κ3) is 5.89. The van der Waals surface area contributed by atoms with Gasteiger partial charge in [-0.2, -0.15) is 5.10 Å². The fraction of sp³-hybridized carbons (Fsp3) is 0.194. The Balaban J connectivity index is 1.41. The average molecular weight is 631 g/mol. The predicted octanol–water partition coefficient (Wildman–Crippen LogP) is 5.64. The van der Waals surface area contributed by atoms with Crippen LogP contribution in [0.15, 0.2) is 61.1 Å². The Bertz CT molecular complexity index is 2200. The third-order valence-corrected chi connectivity index (χ3v) is 8.56. The topological polar surface area (TPSA) is 172 Å². The maximum atomic E-state index is 16.2. The minimum Gasteiger partial charge on any atom is -0.336 e. The van der Waals surface area contributed by atoms with E-state index in [-0.39, 0.29) is 45.2 Å². The minimum atomic E-state index is -3.70. The molecule has 0 spiro atoms. The van der Waals surface area contributed by atoms with Gasteiger partial charge in [-0.05, 0) is 54.4 Å². The number of pyridine rings is 2. The van der Waals surface area contributed by atoms with Crippen molar-refractivity contribution in [3.63, 3.8) is 0 Å². The number of nitrogens with two attached hydrogens (primary N) is 1. The number of rotatable bonds is 9. The summed E-state index contributed by atoms with van der Waals surface area (Å²) < 4.78 is 54.9. The van der Waals surface area contributed by atoms with Crippen LogP contribution in [0.3, 0.4) is 0 Å². The number of sulfone groups is 1. The molecule has 0 aliphatic heterocycles. The van der Waals surface area contributed by atoms with Gasteiger partial charge in [0.2, 0.25) is 5.91 Å². The van der Waals surface area contributed by atoms with Gasteiger partial charge in [-0.15, -0.1) is 0 Å². The molecule has 0 bridgehead atoms. The van der Waals surface area contributed by atoms with Crippen molar-refractivity contribution < 1.29 is 22.0 Å². The summed E-state index contributed by atoms with van der Waals surface area (Å²) in [6, 6.07) is 10.3. The molecule has 6 rings (SSSR count). The first-order valence-corrected chi connectivity index (χ1v) is 16.0. The summed E-state index contributed by atoms with van der Waals surface area (Å²) in [7, 11) is -3.70. The van der Waals surface area contributed by atoms with Gasteiger partial charge in [-0.25, -0.2) is 22.2 Å². The molecule has 2 aromatic carbocycles. The van der Waals surface area contributed by atoms with Crippen molar-refractivity contribution >= 4 is 43.4 Å². The Kier molecular flexibility index (Phi) is 7.85. The van der Waals surface area contributed by atoms with E-state index in [9.17, 15) is 17.6 Å². The van der Waals surface area contributed by atoms with Gasteiger partial charge in [-0.3, -0.25) is 19.9 Å². The summed E-state index contributed by atoms with van der Waals surface area (Å²) in [6.07, 6.45) is 7.50. The van der Waals surface area contributed by atoms with Crippen molar-refractivity contribution in [1.82, 2.24) is 30.1 Å². The maximum absolute atomic E-state index is 16.2. The average Bonchev–Trinajstić information content (AvgIpc) is 3.64. The highest BCUT2D eigenvalue weighted by Gasteiger charge is 2.23. The van der Waals surface area contributed by atoms with Crippen molar-refractivity contribution in [2.24, 2.45) is 5.73 Å². The van der Waals surface area contributed by atoms with E-state index in [1.54, 1.807) is 24.3 Å². The number of anilines is 1. The van der Waals surface area contributed by atoms with Crippen molar-refractivity contribution in [3.05, 3.63) is 78.3 Å². The molecule has 0 fully saturated rings. The maximum Gasteiger partial charge on any atom is 0.224 e. The first-order chi connectivity index (χ1) is 21.5. The van der Waals surface area contributed by atoms with Crippen LogP contribution in [0.25, 0.3) is 55.8 Å². The molecule has 6 aromatic rings. The van der Waals surface area contributed by atoms with E-state index >= 15 is 4.39 Å². The van der Waals surface area contributed by atoms with Gasteiger partial charge in [0.15, 0.2) is 15.7 Å². The second-order valence-electron chi connectivity index (χ2n) is 10.7. The lowest BCUT2D eigenvalue weighted by molar-refractivity contribution is -0.116. The lowest BCUT2D eigenvalue weighted by Crippen LogP contribution is -2.20. The summed E-state index contributed by atoms with van der Waals surface area (Å²) in [5.74, 6) is -1.18. The summed E-state index contributed by atoms with van der Waals surface area (Å²) in [5.41, 5.74) is 9.09. The smallest absolute Gasteiger partial charge is 0.224 e. The van der Waals surface area contributed by atoms with E-state index in [1.807, 2.05) is 6.92 Å². The molecule has 4 heterocycles. The van der Waals surface area contributed by atoms with E-state index in [4.69, 9.17) is 5.73 Å². The number of carbonyl (C=O) groups is 1. The molecular weight excluding hydrogens is 602 g/mol. The first kappa shape index (κ1) is 30.0. The Hall–Kier alpha value is -5.08. The number of nitrogens with one attached hydrogen (secondary N) is 3. The summed E-state index contributed by atoms with van der Waals surface area (Å²) >= 11 is 0. The summed E-state index contributed by atoms with van der Waals surface area (Å²) in [5, 5.41) is 8.71. The molecule has 0 aliphatic carbocycles. The molecule has 4 aromatic heterocycles. The molecule has 11 nitrogen and oxygen atoms in total. The number of carbonyl (C=O) groups excluding carboxylic acids is 1. The normalized spacial score (nSPS) is 12.6. The van der Waals surface area contributed by atoms with Gasteiger partial charge in [-0.1, -0.05) is 13.3 Å². The number of amides is 1. The van der Waals surface area contributed by atoms with Gasteiger partial charge in [0.1, 0.15) is 28.2 Å². The number of imidazole rings is 1. The molecule has 1 amide bonds. The molecule has 0 aliphatic rings. The Labute approximate surface area is 256 Å². The number of benzene rings is 2. The second kappa shape index (κ2) is 11.8. The van der Waals surface area contributed by atoms with E-state index in [0.29, 0.717) is 34.2 Å². The standard InChI is InChI=1S/C31H28F2N8O3S/c1-3-4-5-24(42)37-20-13-18(14-35-15-20)21-6-7-22-25(26(21)33)29(41-40-22)31-38-23-8-9-36-27(28(23)39-31)16-10-17(12-19(32)11-16)30(34)45(2,43)44/h6-15,30H,3-5,34H2,1-2H3,(H,37,42)(H,38,39)(H,40,41). The zero-order valence-electron chi connectivity index (χ0n) is 24.2. The monoisotopic (exact) mass is 630 g/mol. The summed E-state index contributed by atoms with van der Waals surface area (Å²) in [4.78, 5) is 28.6. The fourth-order valence-electron chi connectivity index (χ4n) is 5.10. The van der Waals surface area contributed by atoms with Crippen LogP contribution >= 0.6 is 0 Å². The van der Waals surface area contributed by atoms with Gasteiger partial charge in [0, 0.05) is 41.8 Å². The third-order valence-electron chi connectivity index (χ3n) is 7.37. The summed E-state index contributed by atoms with van der Waals surface area (Å²) in [6.45, 7) is 2.00. The minimum absolute atomic E-state index is 0.0639. The highest BCUT2D eigenvalue weighted by molar-refractivity contribution is 7.90. The lowest BCUT2D eigenvalue weighted by atomic mass is 10.0.